The molecule has 1 aromatic carbocycles. The topological polar surface area (TPSA) is 74.7 Å². The van der Waals surface area contributed by atoms with Crippen LogP contribution < -0.4 is 0 Å². The largest absolute Gasteiger partial charge is 0.481 e. The first-order valence-electron chi connectivity index (χ1n) is 5.92. The van der Waals surface area contributed by atoms with Gasteiger partial charge in [-0.1, -0.05) is 11.6 Å². The number of thioether (sulfide) groups is 1. The van der Waals surface area contributed by atoms with Crippen molar-refractivity contribution >= 4 is 39.4 Å². The number of carboxylic acid groups (broad SMARTS) is 1. The van der Waals surface area contributed by atoms with Gasteiger partial charge in [0.05, 0.1) is 15.8 Å². The zero-order chi connectivity index (χ0) is 14.9. The molecule has 0 saturated carbocycles. The SMILES string of the molecule is CSc1ccc(S(=O)(=O)N2CCC(C(=O)O)C2)cc1Cl. The molecule has 0 radical (unpaired) electrons. The molecule has 0 aliphatic carbocycles. The van der Waals surface area contributed by atoms with Crippen molar-refractivity contribution in [3.8, 4) is 0 Å². The highest BCUT2D eigenvalue weighted by molar-refractivity contribution is 7.98. The minimum atomic E-state index is -3.68. The van der Waals surface area contributed by atoms with Crippen LogP contribution in [-0.2, 0) is 14.8 Å². The Morgan fingerprint density at radius 2 is 2.20 bits per heavy atom. The molecule has 1 fully saturated rings. The van der Waals surface area contributed by atoms with Crippen LogP contribution in [0.4, 0.5) is 0 Å². The van der Waals surface area contributed by atoms with Crippen molar-refractivity contribution in [3.05, 3.63) is 23.2 Å². The van der Waals surface area contributed by atoms with Crippen LogP contribution in [0, 0.1) is 5.92 Å². The van der Waals surface area contributed by atoms with Gasteiger partial charge in [-0.2, -0.15) is 4.31 Å². The molecule has 0 aromatic heterocycles. The van der Waals surface area contributed by atoms with Gasteiger partial charge in [-0.05, 0) is 30.9 Å². The highest BCUT2D eigenvalue weighted by Gasteiger charge is 2.35. The summed E-state index contributed by atoms with van der Waals surface area (Å²) in [5.41, 5.74) is 0. The normalized spacial score (nSPS) is 20.2. The Hall–Kier alpha value is -0.760. The van der Waals surface area contributed by atoms with Gasteiger partial charge in [0.2, 0.25) is 10.0 Å². The molecule has 2 rings (SSSR count). The van der Waals surface area contributed by atoms with Crippen molar-refractivity contribution in [1.82, 2.24) is 4.31 Å². The van der Waals surface area contributed by atoms with Crippen molar-refractivity contribution in [2.24, 2.45) is 5.92 Å². The smallest absolute Gasteiger partial charge is 0.307 e. The van der Waals surface area contributed by atoms with E-state index in [1.165, 1.54) is 28.2 Å². The molecule has 1 aliphatic rings. The number of sulfonamides is 1. The predicted octanol–water partition coefficient (Wildman–Crippen LogP) is 2.16. The lowest BCUT2D eigenvalue weighted by molar-refractivity contribution is -0.141. The lowest BCUT2D eigenvalue weighted by Gasteiger charge is -2.16. The van der Waals surface area contributed by atoms with Gasteiger partial charge >= 0.3 is 5.97 Å². The molecule has 1 unspecified atom stereocenters. The molecule has 0 bridgehead atoms. The summed E-state index contributed by atoms with van der Waals surface area (Å²) in [6.07, 6.45) is 2.19. The first-order chi connectivity index (χ1) is 9.36. The average Bonchev–Trinajstić information content (AvgIpc) is 2.89. The van der Waals surface area contributed by atoms with Gasteiger partial charge in [-0.25, -0.2) is 8.42 Å². The van der Waals surface area contributed by atoms with Gasteiger partial charge in [0, 0.05) is 18.0 Å². The second kappa shape index (κ2) is 5.93. The van der Waals surface area contributed by atoms with Gasteiger partial charge in [0.25, 0.3) is 0 Å². The first-order valence-corrected chi connectivity index (χ1v) is 8.97. The van der Waals surface area contributed by atoms with Crippen LogP contribution in [0.25, 0.3) is 0 Å². The maximum Gasteiger partial charge on any atom is 0.307 e. The summed E-state index contributed by atoms with van der Waals surface area (Å²) >= 11 is 7.46. The van der Waals surface area contributed by atoms with Crippen molar-refractivity contribution in [3.63, 3.8) is 0 Å². The molecule has 1 aromatic rings. The fourth-order valence-corrected chi connectivity index (χ4v) is 4.57. The Morgan fingerprint density at radius 1 is 1.50 bits per heavy atom. The molecular formula is C12H14ClNO4S2. The minimum absolute atomic E-state index is 0.0135. The molecule has 0 spiro atoms. The van der Waals surface area contributed by atoms with E-state index >= 15 is 0 Å². The quantitative estimate of drug-likeness (QED) is 0.853. The van der Waals surface area contributed by atoms with E-state index < -0.39 is 21.9 Å². The van der Waals surface area contributed by atoms with E-state index in [4.69, 9.17) is 16.7 Å². The third-order valence-corrected chi connectivity index (χ3v) is 6.34. The fourth-order valence-electron chi connectivity index (χ4n) is 2.10. The monoisotopic (exact) mass is 335 g/mol. The Labute approximate surface area is 127 Å². The summed E-state index contributed by atoms with van der Waals surface area (Å²) in [5, 5.41) is 9.32. The number of aliphatic carboxylic acids is 1. The number of nitrogens with zero attached hydrogens (tertiary/aromatic N) is 1. The molecule has 1 aliphatic heterocycles. The first kappa shape index (κ1) is 15.6. The Morgan fingerprint density at radius 3 is 2.70 bits per heavy atom. The molecule has 1 heterocycles. The molecule has 110 valence electrons. The second-order valence-corrected chi connectivity index (χ2v) is 7.68. The number of hydrogen-bond donors (Lipinski definition) is 1. The molecule has 0 amide bonds. The second-order valence-electron chi connectivity index (χ2n) is 4.48. The lowest BCUT2D eigenvalue weighted by atomic mass is 10.1. The third kappa shape index (κ3) is 2.95. The van der Waals surface area contributed by atoms with Gasteiger partial charge in [-0.15, -0.1) is 11.8 Å². The number of carbonyl (C=O) groups is 1. The Kier molecular flexibility index (Phi) is 4.63. The third-order valence-electron chi connectivity index (χ3n) is 3.26. The van der Waals surface area contributed by atoms with Crippen LogP contribution in [0.5, 0.6) is 0 Å². The van der Waals surface area contributed by atoms with Crippen LogP contribution in [0.1, 0.15) is 6.42 Å². The fraction of sp³-hybridized carbons (Fsp3) is 0.417. The van der Waals surface area contributed by atoms with E-state index in [2.05, 4.69) is 0 Å². The van der Waals surface area contributed by atoms with E-state index in [0.29, 0.717) is 11.4 Å². The molecule has 1 atom stereocenters. The zero-order valence-corrected chi connectivity index (χ0v) is 13.1. The molecular weight excluding hydrogens is 322 g/mol. The summed E-state index contributed by atoms with van der Waals surface area (Å²) in [6, 6.07) is 4.57. The Bertz CT molecular complexity index is 632. The van der Waals surface area contributed by atoms with Crippen molar-refractivity contribution in [2.45, 2.75) is 16.2 Å². The number of halogens is 1. The highest BCUT2D eigenvalue weighted by Crippen LogP contribution is 2.30. The van der Waals surface area contributed by atoms with Crippen LogP contribution >= 0.6 is 23.4 Å². The maximum atomic E-state index is 12.4. The van der Waals surface area contributed by atoms with Crippen molar-refractivity contribution in [2.75, 3.05) is 19.3 Å². The van der Waals surface area contributed by atoms with Crippen LogP contribution in [0.15, 0.2) is 28.0 Å². The summed E-state index contributed by atoms with van der Waals surface area (Å²) in [7, 11) is -3.68. The number of carboxylic acids is 1. The number of hydrogen-bond acceptors (Lipinski definition) is 4. The molecule has 1 saturated heterocycles. The van der Waals surface area contributed by atoms with Gasteiger partial charge < -0.3 is 5.11 Å². The summed E-state index contributed by atoms with van der Waals surface area (Å²) in [6.45, 7) is 0.237. The molecule has 5 nitrogen and oxygen atoms in total. The van der Waals surface area contributed by atoms with Gasteiger partial charge in [-0.3, -0.25) is 4.79 Å². The van der Waals surface area contributed by atoms with Crippen molar-refractivity contribution in [1.29, 1.82) is 0 Å². The Balaban J connectivity index is 2.27. The van der Waals surface area contributed by atoms with E-state index in [0.717, 1.165) is 4.90 Å². The summed E-state index contributed by atoms with van der Waals surface area (Å²) in [5.74, 6) is -1.59. The summed E-state index contributed by atoms with van der Waals surface area (Å²) in [4.78, 5) is 11.8. The number of rotatable bonds is 4. The highest BCUT2D eigenvalue weighted by atomic mass is 35.5. The van der Waals surface area contributed by atoms with Crippen LogP contribution in [0.3, 0.4) is 0 Å². The number of benzene rings is 1. The van der Waals surface area contributed by atoms with Gasteiger partial charge in [0.15, 0.2) is 0 Å². The zero-order valence-electron chi connectivity index (χ0n) is 10.7. The molecule has 1 N–H and O–H groups in total. The van der Waals surface area contributed by atoms with E-state index in [1.54, 1.807) is 6.07 Å². The van der Waals surface area contributed by atoms with Gasteiger partial charge in [0.1, 0.15) is 0 Å². The average molecular weight is 336 g/mol. The standard InChI is InChI=1S/C12H14ClNO4S2/c1-19-11-3-2-9(6-10(11)13)20(17,18)14-5-4-8(7-14)12(15)16/h2-3,6,8H,4-5,7H2,1H3,(H,15,16). The van der Waals surface area contributed by atoms with E-state index in [-0.39, 0.29) is 18.0 Å². The predicted molar refractivity (Wildman–Crippen MR) is 77.7 cm³/mol. The maximum absolute atomic E-state index is 12.4. The van der Waals surface area contributed by atoms with Crippen molar-refractivity contribution < 1.29 is 18.3 Å². The van der Waals surface area contributed by atoms with Crippen LogP contribution in [0.2, 0.25) is 5.02 Å². The summed E-state index contributed by atoms with van der Waals surface area (Å²) < 4.78 is 26.0. The molecule has 20 heavy (non-hydrogen) atoms. The van der Waals surface area contributed by atoms with Crippen LogP contribution in [-0.4, -0.2) is 43.1 Å². The lowest BCUT2D eigenvalue weighted by Crippen LogP contribution is -2.30. The molecule has 8 heteroatoms. The minimum Gasteiger partial charge on any atom is -0.481 e. The van der Waals surface area contributed by atoms with E-state index in [1.807, 2.05) is 6.26 Å². The van der Waals surface area contributed by atoms with E-state index in [9.17, 15) is 13.2 Å².